The third kappa shape index (κ3) is 3.09. The molecule has 84 valence electrons. The van der Waals surface area contributed by atoms with Crippen LogP contribution < -0.4 is 0 Å². The van der Waals surface area contributed by atoms with Crippen LogP contribution >= 0.6 is 55.9 Å². The zero-order valence-electron chi connectivity index (χ0n) is 6.72. The van der Waals surface area contributed by atoms with Crippen LogP contribution in [-0.4, -0.2) is 13.4 Å². The van der Waals surface area contributed by atoms with Crippen LogP contribution in [0, 0.1) is 7.27 Å². The van der Waals surface area contributed by atoms with E-state index in [1.165, 1.54) is 22.6 Å². The highest BCUT2D eigenvalue weighted by molar-refractivity contribution is 14.1. The summed E-state index contributed by atoms with van der Waals surface area (Å²) >= 11 is 3.15. The lowest BCUT2D eigenvalue weighted by Gasteiger charge is -2.07. The highest BCUT2D eigenvalue weighted by Crippen LogP contribution is 2.32. The fourth-order valence-corrected chi connectivity index (χ4v) is 5.93. The molecule has 0 unspecified atom stereocenters. The van der Waals surface area contributed by atoms with Crippen molar-refractivity contribution in [3.8, 4) is 0 Å². The number of pyridine rings is 1. The van der Waals surface area contributed by atoms with Crippen molar-refractivity contribution in [2.45, 2.75) is 11.3 Å². The van der Waals surface area contributed by atoms with Crippen molar-refractivity contribution in [2.75, 3.05) is 0 Å². The smallest absolute Gasteiger partial charge is 0.248 e. The fraction of sp³-hybridized carbons (Fsp3) is 0.167. The molecule has 0 atom stereocenters. The van der Waals surface area contributed by atoms with Gasteiger partial charge in [-0.15, -0.1) is 0 Å². The minimum atomic E-state index is -4.06. The van der Waals surface area contributed by atoms with Crippen LogP contribution in [0.15, 0.2) is 11.1 Å². The quantitative estimate of drug-likeness (QED) is 0.372. The number of alkyl halides is 2. The molecule has 0 fully saturated rings. The molecule has 0 amide bonds. The van der Waals surface area contributed by atoms with Gasteiger partial charge >= 0.3 is 0 Å². The molecule has 0 aliphatic heterocycles. The van der Waals surface area contributed by atoms with Crippen molar-refractivity contribution in [3.05, 3.63) is 19.0 Å². The lowest BCUT2D eigenvalue weighted by molar-refractivity contribution is 0.149. The molecule has 9 heteroatoms. The van der Waals surface area contributed by atoms with Crippen molar-refractivity contribution in [3.63, 3.8) is 0 Å². The molecule has 1 rings (SSSR count). The van der Waals surface area contributed by atoms with Crippen LogP contribution in [0.25, 0.3) is 0 Å². The molecule has 0 spiro atoms. The summed E-state index contributed by atoms with van der Waals surface area (Å²) in [6, 6.07) is 0. The molecule has 0 saturated carbocycles. The number of rotatable bonds is 2. The highest BCUT2D eigenvalue weighted by atomic mass is 127. The molecule has 0 radical (unpaired) electrons. The topological polar surface area (TPSA) is 47.0 Å². The Labute approximate surface area is 116 Å². The Morgan fingerprint density at radius 3 is 2.33 bits per heavy atom. The molecule has 15 heavy (non-hydrogen) atoms. The van der Waals surface area contributed by atoms with E-state index >= 15 is 0 Å². The molecule has 0 aliphatic rings. The standard InChI is InChI=1S/C6H2ClF2I2NO2S/c7-15(13,14)4-3(10)2(5(8)9)1-12-6(4)11/h1,5H. The summed E-state index contributed by atoms with van der Waals surface area (Å²) < 4.78 is 47.1. The third-order valence-electron chi connectivity index (χ3n) is 1.44. The van der Waals surface area contributed by atoms with Gasteiger partial charge in [-0.05, 0) is 45.2 Å². The molecule has 0 aliphatic carbocycles. The van der Waals surface area contributed by atoms with Gasteiger partial charge in [0.05, 0.1) is 5.56 Å². The number of halogens is 5. The molecule has 1 aromatic rings. The molecule has 0 saturated heterocycles. The summed E-state index contributed by atoms with van der Waals surface area (Å²) in [6.07, 6.45) is -1.83. The average molecular weight is 479 g/mol. The predicted octanol–water partition coefficient (Wildman–Crippen LogP) is 3.16. The summed E-state index contributed by atoms with van der Waals surface area (Å²) in [7, 11) is 1.06. The van der Waals surface area contributed by atoms with Gasteiger partial charge in [-0.3, -0.25) is 0 Å². The minimum Gasteiger partial charge on any atom is -0.248 e. The van der Waals surface area contributed by atoms with Gasteiger partial charge in [-0.25, -0.2) is 22.2 Å². The van der Waals surface area contributed by atoms with E-state index in [0.717, 1.165) is 6.20 Å². The summed E-state index contributed by atoms with van der Waals surface area (Å²) in [6.45, 7) is 0. The molecular weight excluding hydrogens is 477 g/mol. The Hall–Kier alpha value is 0.710. The zero-order valence-corrected chi connectivity index (χ0v) is 12.6. The fourth-order valence-electron chi connectivity index (χ4n) is 0.823. The molecule has 0 N–H and O–H groups in total. The largest absolute Gasteiger partial charge is 0.266 e. The molecular formula is C6H2ClF2I2NO2S. The lowest BCUT2D eigenvalue weighted by Crippen LogP contribution is -2.04. The molecule has 1 aromatic heterocycles. The van der Waals surface area contributed by atoms with Gasteiger partial charge in [0.1, 0.15) is 8.60 Å². The second-order valence-electron chi connectivity index (χ2n) is 2.39. The first-order valence-corrected chi connectivity index (χ1v) is 7.78. The van der Waals surface area contributed by atoms with E-state index in [9.17, 15) is 17.2 Å². The van der Waals surface area contributed by atoms with Crippen molar-refractivity contribution in [1.82, 2.24) is 4.98 Å². The zero-order chi connectivity index (χ0) is 11.8. The van der Waals surface area contributed by atoms with Gasteiger partial charge in [0, 0.05) is 20.4 Å². The Balaban J connectivity index is 3.59. The second kappa shape index (κ2) is 4.92. The first kappa shape index (κ1) is 13.8. The Kier molecular flexibility index (Phi) is 4.52. The summed E-state index contributed by atoms with van der Waals surface area (Å²) in [5, 5.41) is 0. The molecule has 1 heterocycles. The lowest BCUT2D eigenvalue weighted by atomic mass is 10.3. The summed E-state index contributed by atoms with van der Waals surface area (Å²) in [5.41, 5.74) is -0.435. The first-order chi connectivity index (χ1) is 6.75. The van der Waals surface area contributed by atoms with Gasteiger partial charge in [-0.2, -0.15) is 0 Å². The van der Waals surface area contributed by atoms with Gasteiger partial charge in [0.25, 0.3) is 15.5 Å². The maximum Gasteiger partial charge on any atom is 0.266 e. The van der Waals surface area contributed by atoms with E-state index in [0.29, 0.717) is 0 Å². The maximum atomic E-state index is 12.4. The SMILES string of the molecule is O=S(=O)(Cl)c1c(I)ncc(C(F)F)c1I. The Morgan fingerprint density at radius 1 is 1.40 bits per heavy atom. The van der Waals surface area contributed by atoms with Crippen LogP contribution in [0.3, 0.4) is 0 Å². The number of hydrogen-bond donors (Lipinski definition) is 0. The van der Waals surface area contributed by atoms with Crippen LogP contribution in [0.4, 0.5) is 8.78 Å². The van der Waals surface area contributed by atoms with Gasteiger partial charge in [0.2, 0.25) is 0 Å². The van der Waals surface area contributed by atoms with Crippen molar-refractivity contribution in [1.29, 1.82) is 0 Å². The van der Waals surface area contributed by atoms with E-state index in [1.54, 1.807) is 22.6 Å². The van der Waals surface area contributed by atoms with Crippen LogP contribution in [0.2, 0.25) is 0 Å². The Morgan fingerprint density at radius 2 is 1.93 bits per heavy atom. The van der Waals surface area contributed by atoms with E-state index in [4.69, 9.17) is 10.7 Å². The molecule has 0 aromatic carbocycles. The average Bonchev–Trinajstić information content (AvgIpc) is 2.00. The van der Waals surface area contributed by atoms with E-state index in [1.807, 2.05) is 0 Å². The normalized spacial score (nSPS) is 12.1. The van der Waals surface area contributed by atoms with Crippen LogP contribution in [0.5, 0.6) is 0 Å². The second-order valence-corrected chi connectivity index (χ2v) is 6.99. The molecule has 3 nitrogen and oxygen atoms in total. The van der Waals surface area contributed by atoms with Gasteiger partial charge in [0.15, 0.2) is 0 Å². The van der Waals surface area contributed by atoms with E-state index in [-0.39, 0.29) is 12.2 Å². The van der Waals surface area contributed by atoms with Crippen molar-refractivity contribution in [2.24, 2.45) is 0 Å². The summed E-state index contributed by atoms with van der Waals surface area (Å²) in [5.74, 6) is 0. The predicted molar refractivity (Wildman–Crippen MR) is 67.7 cm³/mol. The van der Waals surface area contributed by atoms with Crippen molar-refractivity contribution < 1.29 is 17.2 Å². The van der Waals surface area contributed by atoms with Crippen LogP contribution in [0.1, 0.15) is 12.0 Å². The first-order valence-electron chi connectivity index (χ1n) is 3.32. The van der Waals surface area contributed by atoms with Gasteiger partial charge < -0.3 is 0 Å². The summed E-state index contributed by atoms with van der Waals surface area (Å²) in [4.78, 5) is 3.21. The third-order valence-corrected chi connectivity index (χ3v) is 5.50. The number of aromatic nitrogens is 1. The number of nitrogens with zero attached hydrogens (tertiary/aromatic N) is 1. The van der Waals surface area contributed by atoms with Crippen LogP contribution in [-0.2, 0) is 9.05 Å². The maximum absolute atomic E-state index is 12.4. The highest BCUT2D eigenvalue weighted by Gasteiger charge is 2.25. The Bertz CT molecular complexity index is 494. The van der Waals surface area contributed by atoms with E-state index in [2.05, 4.69) is 4.98 Å². The van der Waals surface area contributed by atoms with E-state index < -0.39 is 21.0 Å². The van der Waals surface area contributed by atoms with Gasteiger partial charge in [-0.1, -0.05) is 0 Å². The number of hydrogen-bond acceptors (Lipinski definition) is 3. The minimum absolute atomic E-state index is 0.0800. The monoisotopic (exact) mass is 479 g/mol. The van der Waals surface area contributed by atoms with Crippen molar-refractivity contribution >= 4 is 64.9 Å². The molecule has 0 bridgehead atoms.